The van der Waals surface area contributed by atoms with Crippen LogP contribution in [0.5, 0.6) is 5.75 Å². The minimum absolute atomic E-state index is 0.0901. The molecule has 0 aliphatic heterocycles. The summed E-state index contributed by atoms with van der Waals surface area (Å²) >= 11 is 24.6. The van der Waals surface area contributed by atoms with Crippen LogP contribution in [0, 0.1) is 3.57 Å². The third kappa shape index (κ3) is 4.20. The van der Waals surface area contributed by atoms with Crippen molar-refractivity contribution in [2.75, 3.05) is 6.61 Å². The van der Waals surface area contributed by atoms with E-state index in [0.717, 1.165) is 14.7 Å². The highest BCUT2D eigenvalue weighted by Gasteiger charge is 2.17. The average Bonchev–Trinajstić information content (AvgIpc) is 2.45. The first-order chi connectivity index (χ1) is 9.93. The van der Waals surface area contributed by atoms with Crippen molar-refractivity contribution in [3.8, 4) is 5.75 Å². The van der Waals surface area contributed by atoms with Crippen LogP contribution < -0.4 is 4.74 Å². The van der Waals surface area contributed by atoms with E-state index in [1.54, 1.807) is 6.07 Å². The topological polar surface area (TPSA) is 9.23 Å². The Hall–Kier alpha value is 0.320. The lowest BCUT2D eigenvalue weighted by molar-refractivity contribution is 0.340. The summed E-state index contributed by atoms with van der Waals surface area (Å²) in [6, 6.07) is 9.46. The maximum Gasteiger partial charge on any atom is 0.139 e. The van der Waals surface area contributed by atoms with Crippen LogP contribution in [0.15, 0.2) is 30.3 Å². The average molecular weight is 520 g/mol. The molecule has 1 nitrogen and oxygen atoms in total. The lowest BCUT2D eigenvalue weighted by atomic mass is 10.0. The Morgan fingerprint density at radius 1 is 1.10 bits per heavy atom. The van der Waals surface area contributed by atoms with Crippen LogP contribution in [0.25, 0.3) is 0 Å². The number of alkyl halides is 1. The number of hydrogen-bond acceptors (Lipinski definition) is 1. The molecule has 0 saturated heterocycles. The predicted molar refractivity (Wildman–Crippen MR) is 103 cm³/mol. The molecule has 6 heteroatoms. The van der Waals surface area contributed by atoms with Gasteiger partial charge in [0.15, 0.2) is 0 Å². The number of halogens is 5. The van der Waals surface area contributed by atoms with E-state index in [9.17, 15) is 0 Å². The highest BCUT2D eigenvalue weighted by Crippen LogP contribution is 2.41. The van der Waals surface area contributed by atoms with E-state index in [2.05, 4.69) is 38.5 Å². The van der Waals surface area contributed by atoms with Gasteiger partial charge in [0.25, 0.3) is 0 Å². The number of benzene rings is 2. The molecule has 0 fully saturated rings. The van der Waals surface area contributed by atoms with E-state index in [1.807, 2.05) is 31.2 Å². The molecule has 0 heterocycles. The molecule has 0 spiro atoms. The van der Waals surface area contributed by atoms with Gasteiger partial charge in [-0.05, 0) is 58.8 Å². The molecule has 1 unspecified atom stereocenters. The van der Waals surface area contributed by atoms with E-state index in [-0.39, 0.29) is 4.83 Å². The van der Waals surface area contributed by atoms with Crippen molar-refractivity contribution in [3.05, 3.63) is 60.1 Å². The van der Waals surface area contributed by atoms with Crippen molar-refractivity contribution < 1.29 is 4.74 Å². The van der Waals surface area contributed by atoms with Crippen molar-refractivity contribution >= 4 is 73.3 Å². The van der Waals surface area contributed by atoms with Gasteiger partial charge in [-0.1, -0.05) is 56.8 Å². The van der Waals surface area contributed by atoms with Gasteiger partial charge in [-0.25, -0.2) is 0 Å². The first-order valence-corrected chi connectivity index (χ1v) is 9.27. The minimum atomic E-state index is -0.0901. The van der Waals surface area contributed by atoms with Gasteiger partial charge in [-0.2, -0.15) is 0 Å². The quantitative estimate of drug-likeness (QED) is 0.308. The molecule has 0 aliphatic rings. The van der Waals surface area contributed by atoms with Gasteiger partial charge in [-0.15, -0.1) is 0 Å². The first kappa shape index (κ1) is 17.7. The van der Waals surface area contributed by atoms with Crippen molar-refractivity contribution in [1.82, 2.24) is 0 Å². The molecule has 0 aliphatic carbocycles. The molecule has 1 atom stereocenters. The standard InChI is InChI=1S/C15H11BrCl3IO/c1-2-21-14-7-10(17)9(6-12(14)19)15(16)8-3-4-13(20)11(18)5-8/h3-7,15H,2H2,1H3. The second kappa shape index (κ2) is 7.73. The van der Waals surface area contributed by atoms with Crippen LogP contribution >= 0.6 is 73.3 Å². The minimum Gasteiger partial charge on any atom is -0.492 e. The molecule has 0 aromatic heterocycles. The molecule has 112 valence electrons. The molecule has 2 rings (SSSR count). The van der Waals surface area contributed by atoms with E-state index in [4.69, 9.17) is 39.5 Å². The van der Waals surface area contributed by atoms with Crippen LogP contribution in [0.3, 0.4) is 0 Å². The van der Waals surface area contributed by atoms with Crippen LogP contribution in [0.4, 0.5) is 0 Å². The zero-order valence-corrected chi connectivity index (χ0v) is 17.0. The van der Waals surface area contributed by atoms with Gasteiger partial charge in [-0.3, -0.25) is 0 Å². The van der Waals surface area contributed by atoms with Gasteiger partial charge < -0.3 is 4.74 Å². The van der Waals surface area contributed by atoms with Gasteiger partial charge in [0.05, 0.1) is 21.5 Å². The Labute approximate surface area is 161 Å². The van der Waals surface area contributed by atoms with Gasteiger partial charge in [0.2, 0.25) is 0 Å². The second-order valence-corrected chi connectivity index (χ2v) is 7.57. The SMILES string of the molecule is CCOc1cc(Cl)c(C(Br)c2ccc(I)c(Cl)c2)cc1Cl. The fourth-order valence-electron chi connectivity index (χ4n) is 1.85. The Bertz CT molecular complexity index is 664. The summed E-state index contributed by atoms with van der Waals surface area (Å²) in [7, 11) is 0. The van der Waals surface area contributed by atoms with Gasteiger partial charge in [0.1, 0.15) is 5.75 Å². The molecule has 0 N–H and O–H groups in total. The summed E-state index contributed by atoms with van der Waals surface area (Å²) in [6.07, 6.45) is 0. The largest absolute Gasteiger partial charge is 0.492 e. The van der Waals surface area contributed by atoms with Crippen molar-refractivity contribution in [2.45, 2.75) is 11.8 Å². The normalized spacial score (nSPS) is 12.3. The molecule has 2 aromatic carbocycles. The lowest BCUT2D eigenvalue weighted by Gasteiger charge is -2.16. The first-order valence-electron chi connectivity index (χ1n) is 6.14. The highest BCUT2D eigenvalue weighted by molar-refractivity contribution is 14.1. The third-order valence-electron chi connectivity index (χ3n) is 2.86. The molecular weight excluding hydrogens is 509 g/mol. The van der Waals surface area contributed by atoms with Crippen molar-refractivity contribution in [2.24, 2.45) is 0 Å². The summed E-state index contributed by atoms with van der Waals surface area (Å²) < 4.78 is 6.45. The maximum absolute atomic E-state index is 6.35. The fourth-order valence-corrected chi connectivity index (χ4v) is 3.66. The number of rotatable bonds is 4. The fraction of sp³-hybridized carbons (Fsp3) is 0.200. The predicted octanol–water partition coefficient (Wildman–Crippen LogP) is 7.13. The Balaban J connectivity index is 2.40. The number of ether oxygens (including phenoxy) is 1. The monoisotopic (exact) mass is 518 g/mol. The maximum atomic E-state index is 6.35. The van der Waals surface area contributed by atoms with E-state index in [0.29, 0.717) is 27.4 Å². The van der Waals surface area contributed by atoms with Crippen LogP contribution in [0.1, 0.15) is 22.9 Å². The zero-order valence-electron chi connectivity index (χ0n) is 11.0. The Morgan fingerprint density at radius 2 is 1.81 bits per heavy atom. The molecule has 2 aromatic rings. The van der Waals surface area contributed by atoms with Crippen molar-refractivity contribution in [3.63, 3.8) is 0 Å². The highest BCUT2D eigenvalue weighted by atomic mass is 127. The van der Waals surface area contributed by atoms with E-state index < -0.39 is 0 Å². The molecule has 0 saturated carbocycles. The van der Waals surface area contributed by atoms with Crippen LogP contribution in [-0.2, 0) is 0 Å². The summed E-state index contributed by atoms with van der Waals surface area (Å²) in [5.74, 6) is 0.591. The molecule has 21 heavy (non-hydrogen) atoms. The smallest absolute Gasteiger partial charge is 0.139 e. The van der Waals surface area contributed by atoms with Crippen LogP contribution in [-0.4, -0.2) is 6.61 Å². The van der Waals surface area contributed by atoms with E-state index in [1.165, 1.54) is 0 Å². The molecule has 0 bridgehead atoms. The summed E-state index contributed by atoms with van der Waals surface area (Å²) in [5, 5.41) is 1.85. The van der Waals surface area contributed by atoms with Crippen LogP contribution in [0.2, 0.25) is 15.1 Å². The Kier molecular flexibility index (Phi) is 6.51. The molecule has 0 amide bonds. The van der Waals surface area contributed by atoms with Gasteiger partial charge in [0, 0.05) is 14.7 Å². The summed E-state index contributed by atoms with van der Waals surface area (Å²) in [5.41, 5.74) is 1.89. The molecule has 0 radical (unpaired) electrons. The second-order valence-electron chi connectivity index (χ2n) is 4.27. The van der Waals surface area contributed by atoms with Gasteiger partial charge >= 0.3 is 0 Å². The molecular formula is C15H11BrCl3IO. The number of hydrogen-bond donors (Lipinski definition) is 0. The lowest BCUT2D eigenvalue weighted by Crippen LogP contribution is -1.98. The van der Waals surface area contributed by atoms with E-state index >= 15 is 0 Å². The summed E-state index contributed by atoms with van der Waals surface area (Å²) in [6.45, 7) is 2.44. The Morgan fingerprint density at radius 3 is 2.43 bits per heavy atom. The summed E-state index contributed by atoms with van der Waals surface area (Å²) in [4.78, 5) is -0.0901. The third-order valence-corrected chi connectivity index (χ3v) is 6.08. The zero-order chi connectivity index (χ0) is 15.6. The van der Waals surface area contributed by atoms with Crippen molar-refractivity contribution in [1.29, 1.82) is 0 Å².